The highest BCUT2D eigenvalue weighted by Gasteiger charge is 2.27. The first kappa shape index (κ1) is 14.5. The number of morpholine rings is 1. The third-order valence-electron chi connectivity index (χ3n) is 4.17. The number of ether oxygens (including phenoxy) is 1. The Morgan fingerprint density at radius 1 is 1.57 bits per heavy atom. The second-order valence-electron chi connectivity index (χ2n) is 5.62. The quantitative estimate of drug-likeness (QED) is 0.803. The molecule has 0 aromatic carbocycles. The summed E-state index contributed by atoms with van der Waals surface area (Å²) in [4.78, 5) is 17.8. The number of hydrogen-bond donors (Lipinski definition) is 1. The lowest BCUT2D eigenvalue weighted by Gasteiger charge is -2.32. The SMILES string of the molecule is CCn1cc([C@@H]2CN(C(=O)c3cc4sccc4[nH]3)CCO2)cn1. The van der Waals surface area contributed by atoms with Crippen LogP contribution in [0.3, 0.4) is 0 Å². The van der Waals surface area contributed by atoms with Crippen LogP contribution in [0.4, 0.5) is 0 Å². The standard InChI is InChI=1S/C16H18N4O2S/c1-2-20-9-11(8-17-20)14-10-19(4-5-22-14)16(21)13-7-15-12(18-13)3-6-23-15/h3,6-9,14,18H,2,4-5,10H2,1H3/t14-/m0/s1. The molecular formula is C16H18N4O2S. The molecule has 1 fully saturated rings. The molecule has 3 aromatic heterocycles. The van der Waals surface area contributed by atoms with Crippen LogP contribution in [0.1, 0.15) is 29.1 Å². The van der Waals surface area contributed by atoms with E-state index in [1.807, 2.05) is 46.4 Å². The maximum atomic E-state index is 12.7. The maximum Gasteiger partial charge on any atom is 0.270 e. The van der Waals surface area contributed by atoms with E-state index >= 15 is 0 Å². The van der Waals surface area contributed by atoms with E-state index in [4.69, 9.17) is 4.74 Å². The van der Waals surface area contributed by atoms with Crippen LogP contribution in [-0.2, 0) is 11.3 Å². The Labute approximate surface area is 137 Å². The third-order valence-corrected chi connectivity index (χ3v) is 5.04. The van der Waals surface area contributed by atoms with E-state index in [9.17, 15) is 4.79 Å². The zero-order valence-corrected chi connectivity index (χ0v) is 13.7. The monoisotopic (exact) mass is 330 g/mol. The van der Waals surface area contributed by atoms with Gasteiger partial charge in [0.1, 0.15) is 11.8 Å². The number of nitrogens with zero attached hydrogens (tertiary/aromatic N) is 3. The number of rotatable bonds is 3. The summed E-state index contributed by atoms with van der Waals surface area (Å²) in [6, 6.07) is 3.93. The van der Waals surface area contributed by atoms with Crippen molar-refractivity contribution in [1.29, 1.82) is 0 Å². The zero-order valence-electron chi connectivity index (χ0n) is 12.9. The van der Waals surface area contributed by atoms with Crippen LogP contribution in [0.2, 0.25) is 0 Å². The first-order valence-electron chi connectivity index (χ1n) is 7.74. The lowest BCUT2D eigenvalue weighted by molar-refractivity contribution is -0.0230. The molecule has 1 saturated heterocycles. The third kappa shape index (κ3) is 2.66. The van der Waals surface area contributed by atoms with Gasteiger partial charge in [-0.05, 0) is 24.4 Å². The van der Waals surface area contributed by atoms with E-state index in [2.05, 4.69) is 10.1 Å². The highest BCUT2D eigenvalue weighted by atomic mass is 32.1. The maximum absolute atomic E-state index is 12.7. The van der Waals surface area contributed by atoms with E-state index < -0.39 is 0 Å². The fraction of sp³-hybridized carbons (Fsp3) is 0.375. The molecule has 0 bridgehead atoms. The van der Waals surface area contributed by atoms with Crippen molar-refractivity contribution in [2.24, 2.45) is 0 Å². The first-order chi connectivity index (χ1) is 11.2. The minimum Gasteiger partial charge on any atom is -0.370 e. The molecule has 0 unspecified atom stereocenters. The molecule has 1 amide bonds. The van der Waals surface area contributed by atoms with Gasteiger partial charge in [0.25, 0.3) is 5.91 Å². The number of aryl methyl sites for hydroxylation is 1. The largest absolute Gasteiger partial charge is 0.370 e. The van der Waals surface area contributed by atoms with E-state index in [0.29, 0.717) is 25.4 Å². The summed E-state index contributed by atoms with van der Waals surface area (Å²) in [5, 5.41) is 6.31. The highest BCUT2D eigenvalue weighted by Crippen LogP contribution is 2.25. The van der Waals surface area contributed by atoms with Gasteiger partial charge in [-0.3, -0.25) is 9.48 Å². The number of H-pyrrole nitrogens is 1. The van der Waals surface area contributed by atoms with Gasteiger partial charge in [0.05, 0.1) is 29.6 Å². The molecule has 0 saturated carbocycles. The molecule has 0 spiro atoms. The first-order valence-corrected chi connectivity index (χ1v) is 8.62. The predicted octanol–water partition coefficient (Wildman–Crippen LogP) is 2.66. The number of carbonyl (C=O) groups is 1. The van der Waals surface area contributed by atoms with E-state index in [1.165, 1.54) is 0 Å². The van der Waals surface area contributed by atoms with Crippen molar-refractivity contribution < 1.29 is 9.53 Å². The summed E-state index contributed by atoms with van der Waals surface area (Å²) in [6.07, 6.45) is 3.71. The van der Waals surface area contributed by atoms with Crippen LogP contribution in [0.25, 0.3) is 10.2 Å². The van der Waals surface area contributed by atoms with Crippen LogP contribution < -0.4 is 0 Å². The molecule has 120 valence electrons. The summed E-state index contributed by atoms with van der Waals surface area (Å²) in [6.45, 7) is 4.59. The van der Waals surface area contributed by atoms with Crippen LogP contribution in [0.5, 0.6) is 0 Å². The van der Waals surface area contributed by atoms with Gasteiger partial charge in [0.2, 0.25) is 0 Å². The average molecular weight is 330 g/mol. The Kier molecular flexibility index (Phi) is 3.66. The smallest absolute Gasteiger partial charge is 0.270 e. The number of thiophene rings is 1. The summed E-state index contributed by atoms with van der Waals surface area (Å²) in [7, 11) is 0. The van der Waals surface area contributed by atoms with Crippen molar-refractivity contribution in [3.8, 4) is 0 Å². The number of fused-ring (bicyclic) bond motifs is 1. The molecule has 4 heterocycles. The van der Waals surface area contributed by atoms with Crippen molar-refractivity contribution in [2.45, 2.75) is 19.6 Å². The van der Waals surface area contributed by atoms with Gasteiger partial charge in [-0.15, -0.1) is 11.3 Å². The summed E-state index contributed by atoms with van der Waals surface area (Å²) < 4.78 is 8.81. The molecule has 0 aliphatic carbocycles. The molecule has 1 atom stereocenters. The summed E-state index contributed by atoms with van der Waals surface area (Å²) in [5.74, 6) is 0.0320. The summed E-state index contributed by atoms with van der Waals surface area (Å²) >= 11 is 1.64. The molecule has 1 aliphatic rings. The fourth-order valence-corrected chi connectivity index (χ4v) is 3.67. The van der Waals surface area contributed by atoms with E-state index in [0.717, 1.165) is 22.3 Å². The zero-order chi connectivity index (χ0) is 15.8. The molecule has 23 heavy (non-hydrogen) atoms. The molecule has 1 N–H and O–H groups in total. The lowest BCUT2D eigenvalue weighted by Crippen LogP contribution is -2.42. The molecule has 6 nitrogen and oxygen atoms in total. The molecule has 4 rings (SSSR count). The van der Waals surface area contributed by atoms with E-state index in [1.54, 1.807) is 11.3 Å². The number of aromatic amines is 1. The topological polar surface area (TPSA) is 63.2 Å². The number of amides is 1. The lowest BCUT2D eigenvalue weighted by atomic mass is 10.1. The van der Waals surface area contributed by atoms with Gasteiger partial charge in [-0.25, -0.2) is 0 Å². The van der Waals surface area contributed by atoms with Gasteiger partial charge < -0.3 is 14.6 Å². The molecule has 1 aliphatic heterocycles. The minimum absolute atomic E-state index is 0.0320. The average Bonchev–Trinajstić information content (AvgIpc) is 3.29. The Morgan fingerprint density at radius 3 is 3.26 bits per heavy atom. The highest BCUT2D eigenvalue weighted by molar-refractivity contribution is 7.17. The van der Waals surface area contributed by atoms with Crippen molar-refractivity contribution >= 4 is 27.5 Å². The Morgan fingerprint density at radius 2 is 2.48 bits per heavy atom. The van der Waals surface area contributed by atoms with Gasteiger partial charge in [0.15, 0.2) is 0 Å². The Balaban J connectivity index is 1.52. The molecule has 3 aromatic rings. The number of nitrogens with one attached hydrogen (secondary N) is 1. The number of hydrogen-bond acceptors (Lipinski definition) is 4. The number of aromatic nitrogens is 3. The summed E-state index contributed by atoms with van der Waals surface area (Å²) in [5.41, 5.74) is 2.70. The van der Waals surface area contributed by atoms with Crippen molar-refractivity contribution in [2.75, 3.05) is 19.7 Å². The van der Waals surface area contributed by atoms with Gasteiger partial charge in [-0.1, -0.05) is 0 Å². The molecule has 7 heteroatoms. The number of carbonyl (C=O) groups excluding carboxylic acids is 1. The van der Waals surface area contributed by atoms with Gasteiger partial charge in [0, 0.05) is 24.8 Å². The van der Waals surface area contributed by atoms with Crippen LogP contribution in [-0.4, -0.2) is 45.3 Å². The van der Waals surface area contributed by atoms with Gasteiger partial charge in [-0.2, -0.15) is 5.10 Å². The van der Waals surface area contributed by atoms with Crippen molar-refractivity contribution in [3.63, 3.8) is 0 Å². The molecule has 0 radical (unpaired) electrons. The minimum atomic E-state index is -0.107. The predicted molar refractivity (Wildman–Crippen MR) is 88.7 cm³/mol. The fourth-order valence-electron chi connectivity index (χ4n) is 2.89. The second-order valence-corrected chi connectivity index (χ2v) is 6.57. The molecular weight excluding hydrogens is 312 g/mol. The normalized spacial score (nSPS) is 18.7. The van der Waals surface area contributed by atoms with Crippen molar-refractivity contribution in [1.82, 2.24) is 19.7 Å². The Bertz CT molecular complexity index is 805. The second kappa shape index (κ2) is 5.82. The van der Waals surface area contributed by atoms with Crippen LogP contribution in [0.15, 0.2) is 29.9 Å². The van der Waals surface area contributed by atoms with E-state index in [-0.39, 0.29) is 12.0 Å². The van der Waals surface area contributed by atoms with Crippen molar-refractivity contribution in [3.05, 3.63) is 41.2 Å². The van der Waals surface area contributed by atoms with Crippen LogP contribution in [0, 0.1) is 0 Å². The van der Waals surface area contributed by atoms with Gasteiger partial charge >= 0.3 is 0 Å². The Hall–Kier alpha value is -2.12. The van der Waals surface area contributed by atoms with Crippen LogP contribution >= 0.6 is 11.3 Å².